The molecule has 156 valence electrons. The molecule has 1 aromatic rings. The molecule has 0 aromatic heterocycles. The van der Waals surface area contributed by atoms with Crippen LogP contribution >= 0.6 is 0 Å². The zero-order chi connectivity index (χ0) is 19.5. The van der Waals surface area contributed by atoms with E-state index in [1.165, 1.54) is 82.6 Å². The third-order valence-corrected chi connectivity index (χ3v) is 8.64. The fraction of sp³-hybridized carbons (Fsp3) is 0.778. The summed E-state index contributed by atoms with van der Waals surface area (Å²) in [6, 6.07) is 4.49. The molecule has 1 aromatic carbocycles. The zero-order valence-electron chi connectivity index (χ0n) is 18.3. The standard InChI is InChI=1S/C27H41F/c1-3-5-6-7-20-9-14-25-23(17-20)13-15-26(27(25)28)24-12-11-21-16-19(4-2)8-10-22(21)18-24/h13,15,19-22,24H,3-12,14,16-18H2,1-2H3. The minimum Gasteiger partial charge on any atom is -0.206 e. The van der Waals surface area contributed by atoms with Gasteiger partial charge >= 0.3 is 0 Å². The van der Waals surface area contributed by atoms with E-state index in [0.717, 1.165) is 47.6 Å². The maximum atomic E-state index is 15.5. The lowest BCUT2D eigenvalue weighted by molar-refractivity contribution is 0.115. The Hall–Kier alpha value is -0.850. The zero-order valence-corrected chi connectivity index (χ0v) is 18.3. The van der Waals surface area contributed by atoms with Crippen LogP contribution in [0.2, 0.25) is 0 Å². The van der Waals surface area contributed by atoms with Gasteiger partial charge in [0.2, 0.25) is 0 Å². The average Bonchev–Trinajstić information content (AvgIpc) is 2.73. The highest BCUT2D eigenvalue weighted by Gasteiger charge is 2.36. The summed E-state index contributed by atoms with van der Waals surface area (Å²) in [5.74, 6) is 4.21. The number of hydrogen-bond acceptors (Lipinski definition) is 0. The summed E-state index contributed by atoms with van der Waals surface area (Å²) in [4.78, 5) is 0. The Morgan fingerprint density at radius 3 is 2.54 bits per heavy atom. The third kappa shape index (κ3) is 4.34. The Labute approximate surface area is 172 Å². The molecule has 1 heteroatoms. The van der Waals surface area contributed by atoms with E-state index >= 15 is 4.39 Å². The van der Waals surface area contributed by atoms with E-state index in [2.05, 4.69) is 26.0 Å². The monoisotopic (exact) mass is 384 g/mol. The predicted octanol–water partition coefficient (Wildman–Crippen LogP) is 8.22. The first-order chi connectivity index (χ1) is 13.7. The Morgan fingerprint density at radius 1 is 0.893 bits per heavy atom. The molecular formula is C27H41F. The van der Waals surface area contributed by atoms with Crippen molar-refractivity contribution in [2.75, 3.05) is 0 Å². The van der Waals surface area contributed by atoms with Crippen LogP contribution < -0.4 is 0 Å². The molecule has 2 saturated carbocycles. The Balaban J connectivity index is 1.42. The number of benzene rings is 1. The Kier molecular flexibility index (Phi) is 6.79. The smallest absolute Gasteiger partial charge is 0.130 e. The van der Waals surface area contributed by atoms with Crippen LogP contribution in [0.3, 0.4) is 0 Å². The fourth-order valence-electron chi connectivity index (χ4n) is 6.79. The van der Waals surface area contributed by atoms with Crippen molar-refractivity contribution < 1.29 is 4.39 Å². The second-order valence-corrected chi connectivity index (χ2v) is 10.3. The molecule has 2 fully saturated rings. The molecule has 3 aliphatic rings. The van der Waals surface area contributed by atoms with Crippen molar-refractivity contribution in [3.8, 4) is 0 Å². The van der Waals surface area contributed by atoms with Crippen LogP contribution in [-0.4, -0.2) is 0 Å². The highest BCUT2D eigenvalue weighted by molar-refractivity contribution is 5.38. The van der Waals surface area contributed by atoms with Gasteiger partial charge in [0.05, 0.1) is 0 Å². The molecule has 28 heavy (non-hydrogen) atoms. The van der Waals surface area contributed by atoms with Crippen LogP contribution in [0.5, 0.6) is 0 Å². The van der Waals surface area contributed by atoms with Crippen LogP contribution in [0.4, 0.5) is 4.39 Å². The van der Waals surface area contributed by atoms with E-state index in [9.17, 15) is 0 Å². The molecule has 5 atom stereocenters. The highest BCUT2D eigenvalue weighted by atomic mass is 19.1. The Morgan fingerprint density at radius 2 is 1.71 bits per heavy atom. The lowest BCUT2D eigenvalue weighted by Gasteiger charge is -2.42. The van der Waals surface area contributed by atoms with Crippen molar-refractivity contribution in [2.45, 2.75) is 110 Å². The second-order valence-electron chi connectivity index (χ2n) is 10.3. The van der Waals surface area contributed by atoms with Crippen LogP contribution in [0.15, 0.2) is 12.1 Å². The van der Waals surface area contributed by atoms with Gasteiger partial charge < -0.3 is 0 Å². The molecular weight excluding hydrogens is 343 g/mol. The van der Waals surface area contributed by atoms with Crippen molar-refractivity contribution >= 4 is 0 Å². The van der Waals surface area contributed by atoms with E-state index in [1.54, 1.807) is 0 Å². The topological polar surface area (TPSA) is 0 Å². The normalized spacial score (nSPS) is 32.6. The minimum atomic E-state index is 0.190. The summed E-state index contributed by atoms with van der Waals surface area (Å²) in [5, 5.41) is 0. The predicted molar refractivity (Wildman–Crippen MR) is 117 cm³/mol. The second kappa shape index (κ2) is 9.31. The van der Waals surface area contributed by atoms with Gasteiger partial charge in [-0.05, 0) is 97.6 Å². The van der Waals surface area contributed by atoms with Gasteiger partial charge in [0.15, 0.2) is 0 Å². The molecule has 0 heterocycles. The number of fused-ring (bicyclic) bond motifs is 2. The minimum absolute atomic E-state index is 0.190. The maximum Gasteiger partial charge on any atom is 0.130 e. The summed E-state index contributed by atoms with van der Waals surface area (Å²) >= 11 is 0. The molecule has 0 saturated heterocycles. The first-order valence-corrected chi connectivity index (χ1v) is 12.5. The lowest BCUT2D eigenvalue weighted by atomic mass is 9.63. The van der Waals surface area contributed by atoms with E-state index < -0.39 is 0 Å². The lowest BCUT2D eigenvalue weighted by Crippen LogP contribution is -2.30. The van der Waals surface area contributed by atoms with E-state index in [4.69, 9.17) is 0 Å². The van der Waals surface area contributed by atoms with Crippen molar-refractivity contribution in [3.63, 3.8) is 0 Å². The van der Waals surface area contributed by atoms with Gasteiger partial charge in [-0.25, -0.2) is 4.39 Å². The number of halogens is 1. The van der Waals surface area contributed by atoms with Crippen LogP contribution in [0, 0.1) is 29.5 Å². The van der Waals surface area contributed by atoms with Crippen molar-refractivity contribution in [1.82, 2.24) is 0 Å². The van der Waals surface area contributed by atoms with Crippen LogP contribution in [-0.2, 0) is 12.8 Å². The molecule has 0 spiro atoms. The van der Waals surface area contributed by atoms with Gasteiger partial charge in [0.25, 0.3) is 0 Å². The largest absolute Gasteiger partial charge is 0.206 e. The quantitative estimate of drug-likeness (QED) is 0.433. The summed E-state index contributed by atoms with van der Waals surface area (Å²) in [6.07, 6.45) is 18.0. The van der Waals surface area contributed by atoms with Crippen molar-refractivity contribution in [2.24, 2.45) is 23.7 Å². The van der Waals surface area contributed by atoms with Gasteiger partial charge in [-0.15, -0.1) is 0 Å². The number of unbranched alkanes of at least 4 members (excludes halogenated alkanes) is 2. The molecule has 3 aliphatic carbocycles. The molecule has 0 bridgehead atoms. The van der Waals surface area contributed by atoms with Gasteiger partial charge in [-0.3, -0.25) is 0 Å². The molecule has 0 nitrogen and oxygen atoms in total. The van der Waals surface area contributed by atoms with E-state index in [1.807, 2.05) is 0 Å². The first-order valence-electron chi connectivity index (χ1n) is 12.5. The molecule has 5 unspecified atom stereocenters. The van der Waals surface area contributed by atoms with Gasteiger partial charge in [0, 0.05) is 0 Å². The first kappa shape index (κ1) is 20.4. The Bertz CT molecular complexity index is 648. The van der Waals surface area contributed by atoms with Crippen LogP contribution in [0.25, 0.3) is 0 Å². The molecule has 4 rings (SSSR count). The van der Waals surface area contributed by atoms with Crippen LogP contribution in [0.1, 0.15) is 114 Å². The molecule has 0 N–H and O–H groups in total. The third-order valence-electron chi connectivity index (χ3n) is 8.64. The summed E-state index contributed by atoms with van der Waals surface area (Å²) in [6.45, 7) is 4.63. The number of rotatable bonds is 6. The van der Waals surface area contributed by atoms with Crippen molar-refractivity contribution in [3.05, 3.63) is 34.6 Å². The molecule has 0 radical (unpaired) electrons. The van der Waals surface area contributed by atoms with Crippen molar-refractivity contribution in [1.29, 1.82) is 0 Å². The maximum absolute atomic E-state index is 15.5. The summed E-state index contributed by atoms with van der Waals surface area (Å²) < 4.78 is 15.5. The molecule has 0 aliphatic heterocycles. The number of hydrogen-bond donors (Lipinski definition) is 0. The average molecular weight is 385 g/mol. The fourth-order valence-corrected chi connectivity index (χ4v) is 6.79. The van der Waals surface area contributed by atoms with Gasteiger partial charge in [0.1, 0.15) is 5.82 Å². The highest BCUT2D eigenvalue weighted by Crippen LogP contribution is 2.49. The SMILES string of the molecule is CCCCCC1CCc2c(ccc(C3CCC4CC(CC)CCC4C3)c2F)C1. The molecule has 0 amide bonds. The van der Waals surface area contributed by atoms with Gasteiger partial charge in [-0.2, -0.15) is 0 Å². The van der Waals surface area contributed by atoms with E-state index in [-0.39, 0.29) is 5.82 Å². The van der Waals surface area contributed by atoms with Gasteiger partial charge in [-0.1, -0.05) is 64.5 Å². The summed E-state index contributed by atoms with van der Waals surface area (Å²) in [5.41, 5.74) is 3.48. The summed E-state index contributed by atoms with van der Waals surface area (Å²) in [7, 11) is 0. The van der Waals surface area contributed by atoms with E-state index in [0.29, 0.717) is 5.92 Å².